The average molecular weight is 310 g/mol. The van der Waals surface area contributed by atoms with Crippen molar-refractivity contribution in [3.8, 4) is 0 Å². The van der Waals surface area contributed by atoms with Crippen LogP contribution >= 0.6 is 11.6 Å². The third-order valence-corrected chi connectivity index (χ3v) is 4.54. The van der Waals surface area contributed by atoms with Gasteiger partial charge in [-0.15, -0.1) is 0 Å². The summed E-state index contributed by atoms with van der Waals surface area (Å²) in [7, 11) is 4.33. The smallest absolute Gasteiger partial charge is 0.0471 e. The molecule has 1 atom stereocenters. The highest BCUT2D eigenvalue weighted by molar-refractivity contribution is 6.31. The lowest BCUT2D eigenvalue weighted by atomic mass is 10.1. The molecular weight excluding hydrogens is 282 g/mol. The standard InChI is InChI=1S/C17H28ClN3/c1-13(2)10-19-11-15-16(18)6-5-7-17(15)21-9-8-14(12-21)20(3)4/h5-7,13-14,19H,8-12H2,1-4H3. The van der Waals surface area contributed by atoms with Gasteiger partial charge in [0.1, 0.15) is 0 Å². The van der Waals surface area contributed by atoms with Crippen LogP contribution < -0.4 is 10.2 Å². The zero-order valence-corrected chi connectivity index (χ0v) is 14.5. The third kappa shape index (κ3) is 4.35. The normalized spacial score (nSPS) is 19.0. The fourth-order valence-electron chi connectivity index (χ4n) is 2.89. The molecule has 0 radical (unpaired) electrons. The van der Waals surface area contributed by atoms with Crippen LogP contribution in [-0.2, 0) is 6.54 Å². The third-order valence-electron chi connectivity index (χ3n) is 4.18. The van der Waals surface area contributed by atoms with E-state index >= 15 is 0 Å². The first-order valence-electron chi connectivity index (χ1n) is 7.88. The van der Waals surface area contributed by atoms with Crippen LogP contribution in [-0.4, -0.2) is 44.7 Å². The van der Waals surface area contributed by atoms with Gasteiger partial charge >= 0.3 is 0 Å². The fraction of sp³-hybridized carbons (Fsp3) is 0.647. The van der Waals surface area contributed by atoms with E-state index in [0.717, 1.165) is 31.2 Å². The monoisotopic (exact) mass is 309 g/mol. The second kappa shape index (κ2) is 7.48. The van der Waals surface area contributed by atoms with Crippen molar-refractivity contribution in [3.63, 3.8) is 0 Å². The number of benzene rings is 1. The molecule has 118 valence electrons. The SMILES string of the molecule is CC(C)CNCc1c(Cl)cccc1N1CCC(N(C)C)C1. The van der Waals surface area contributed by atoms with Crippen LogP contribution in [0.25, 0.3) is 0 Å². The number of halogens is 1. The molecule has 1 aromatic carbocycles. The average Bonchev–Trinajstić information content (AvgIpc) is 2.90. The first kappa shape index (κ1) is 16.6. The van der Waals surface area contributed by atoms with E-state index in [1.165, 1.54) is 17.7 Å². The van der Waals surface area contributed by atoms with Crippen molar-refractivity contribution in [2.75, 3.05) is 38.6 Å². The van der Waals surface area contributed by atoms with Crippen LogP contribution in [0.5, 0.6) is 0 Å². The van der Waals surface area contributed by atoms with Crippen molar-refractivity contribution >= 4 is 17.3 Å². The van der Waals surface area contributed by atoms with Gasteiger partial charge in [0, 0.05) is 41.9 Å². The summed E-state index contributed by atoms with van der Waals surface area (Å²) in [6.07, 6.45) is 1.22. The van der Waals surface area contributed by atoms with E-state index in [-0.39, 0.29) is 0 Å². The highest BCUT2D eigenvalue weighted by atomic mass is 35.5. The van der Waals surface area contributed by atoms with E-state index in [9.17, 15) is 0 Å². The molecule has 2 rings (SSSR count). The molecule has 0 amide bonds. The Hall–Kier alpha value is -0.770. The summed E-state index contributed by atoms with van der Waals surface area (Å²) in [6.45, 7) is 8.51. The largest absolute Gasteiger partial charge is 0.370 e. The van der Waals surface area contributed by atoms with Crippen molar-refractivity contribution in [2.45, 2.75) is 32.9 Å². The van der Waals surface area contributed by atoms with Gasteiger partial charge in [-0.1, -0.05) is 31.5 Å². The van der Waals surface area contributed by atoms with Gasteiger partial charge in [0.15, 0.2) is 0 Å². The van der Waals surface area contributed by atoms with E-state index in [1.807, 2.05) is 6.07 Å². The second-order valence-electron chi connectivity index (χ2n) is 6.61. The summed E-state index contributed by atoms with van der Waals surface area (Å²) in [6, 6.07) is 6.90. The Morgan fingerprint density at radius 1 is 1.38 bits per heavy atom. The second-order valence-corrected chi connectivity index (χ2v) is 7.02. The van der Waals surface area contributed by atoms with E-state index in [4.69, 9.17) is 11.6 Å². The van der Waals surface area contributed by atoms with Crippen LogP contribution in [0.15, 0.2) is 18.2 Å². The lowest BCUT2D eigenvalue weighted by molar-refractivity contribution is 0.315. The molecular formula is C17H28ClN3. The minimum absolute atomic E-state index is 0.639. The number of rotatable bonds is 6. The molecule has 1 saturated heterocycles. The summed E-state index contributed by atoms with van der Waals surface area (Å²) in [5.74, 6) is 0.654. The Morgan fingerprint density at radius 2 is 2.14 bits per heavy atom. The van der Waals surface area contributed by atoms with Crippen molar-refractivity contribution in [3.05, 3.63) is 28.8 Å². The maximum Gasteiger partial charge on any atom is 0.0471 e. The Kier molecular flexibility index (Phi) is 5.91. The van der Waals surface area contributed by atoms with E-state index in [2.05, 4.69) is 55.2 Å². The zero-order valence-electron chi connectivity index (χ0n) is 13.7. The molecule has 1 fully saturated rings. The predicted octanol–water partition coefficient (Wildman–Crippen LogP) is 3.23. The first-order chi connectivity index (χ1) is 9.99. The van der Waals surface area contributed by atoms with E-state index in [0.29, 0.717) is 12.0 Å². The van der Waals surface area contributed by atoms with Gasteiger partial charge in [-0.25, -0.2) is 0 Å². The van der Waals surface area contributed by atoms with Crippen molar-refractivity contribution < 1.29 is 0 Å². The van der Waals surface area contributed by atoms with Gasteiger partial charge in [-0.3, -0.25) is 0 Å². The highest BCUT2D eigenvalue weighted by Crippen LogP contribution is 2.30. The zero-order chi connectivity index (χ0) is 15.4. The number of hydrogen-bond donors (Lipinski definition) is 1. The summed E-state index contributed by atoms with van der Waals surface area (Å²) < 4.78 is 0. The molecule has 1 aliphatic heterocycles. The number of likely N-dealkylation sites (N-methyl/N-ethyl adjacent to an activating group) is 1. The van der Waals surface area contributed by atoms with Crippen molar-refractivity contribution in [1.82, 2.24) is 10.2 Å². The van der Waals surface area contributed by atoms with Gasteiger partial charge < -0.3 is 15.1 Å². The van der Waals surface area contributed by atoms with Gasteiger partial charge in [0.2, 0.25) is 0 Å². The topological polar surface area (TPSA) is 18.5 Å². The Labute approximate surface area is 134 Å². The van der Waals surface area contributed by atoms with E-state index in [1.54, 1.807) is 0 Å². The van der Waals surface area contributed by atoms with Gasteiger partial charge in [0.05, 0.1) is 0 Å². The highest BCUT2D eigenvalue weighted by Gasteiger charge is 2.25. The van der Waals surface area contributed by atoms with E-state index < -0.39 is 0 Å². The molecule has 0 bridgehead atoms. The Morgan fingerprint density at radius 3 is 2.76 bits per heavy atom. The summed E-state index contributed by atoms with van der Waals surface area (Å²) in [5.41, 5.74) is 2.53. The van der Waals surface area contributed by atoms with Crippen LogP contribution in [0, 0.1) is 5.92 Å². The van der Waals surface area contributed by atoms with Crippen molar-refractivity contribution in [2.24, 2.45) is 5.92 Å². The number of anilines is 1. The van der Waals surface area contributed by atoms with Crippen LogP contribution in [0.3, 0.4) is 0 Å². The van der Waals surface area contributed by atoms with Gasteiger partial charge in [-0.05, 0) is 45.1 Å². The molecule has 0 aliphatic carbocycles. The number of hydrogen-bond acceptors (Lipinski definition) is 3. The lowest BCUT2D eigenvalue weighted by Gasteiger charge is -2.25. The fourth-order valence-corrected chi connectivity index (χ4v) is 3.12. The molecule has 0 spiro atoms. The quantitative estimate of drug-likeness (QED) is 0.870. The molecule has 0 saturated carbocycles. The maximum atomic E-state index is 6.44. The minimum Gasteiger partial charge on any atom is -0.370 e. The molecule has 1 aliphatic rings. The molecule has 1 heterocycles. The molecule has 3 nitrogen and oxygen atoms in total. The predicted molar refractivity (Wildman–Crippen MR) is 92.3 cm³/mol. The molecule has 21 heavy (non-hydrogen) atoms. The van der Waals surface area contributed by atoms with Crippen LogP contribution in [0.4, 0.5) is 5.69 Å². The van der Waals surface area contributed by atoms with Crippen molar-refractivity contribution in [1.29, 1.82) is 0 Å². The minimum atomic E-state index is 0.639. The molecule has 1 N–H and O–H groups in total. The molecule has 0 aromatic heterocycles. The Balaban J connectivity index is 2.10. The van der Waals surface area contributed by atoms with Gasteiger partial charge in [0.25, 0.3) is 0 Å². The Bertz CT molecular complexity index is 459. The van der Waals surface area contributed by atoms with Crippen LogP contribution in [0.1, 0.15) is 25.8 Å². The first-order valence-corrected chi connectivity index (χ1v) is 8.26. The van der Waals surface area contributed by atoms with Crippen LogP contribution in [0.2, 0.25) is 5.02 Å². The lowest BCUT2D eigenvalue weighted by Crippen LogP contribution is -2.32. The molecule has 1 unspecified atom stereocenters. The number of nitrogens with zero attached hydrogens (tertiary/aromatic N) is 2. The summed E-state index contributed by atoms with van der Waals surface area (Å²) in [5, 5.41) is 4.39. The van der Waals surface area contributed by atoms with Gasteiger partial charge in [-0.2, -0.15) is 0 Å². The number of nitrogens with one attached hydrogen (secondary N) is 1. The molecule has 4 heteroatoms. The summed E-state index contributed by atoms with van der Waals surface area (Å²) >= 11 is 6.44. The summed E-state index contributed by atoms with van der Waals surface area (Å²) in [4.78, 5) is 4.80. The molecule has 1 aromatic rings. The maximum absolute atomic E-state index is 6.44.